The maximum absolute atomic E-state index is 14.4. The van der Waals surface area contributed by atoms with Crippen LogP contribution < -0.4 is 11.2 Å². The zero-order chi connectivity index (χ0) is 14.2. The fourth-order valence-corrected chi connectivity index (χ4v) is 2.49. The predicted molar refractivity (Wildman–Crippen MR) is 65.5 cm³/mol. The fourth-order valence-electron chi connectivity index (χ4n) is 2.49. The van der Waals surface area contributed by atoms with Crippen LogP contribution in [0, 0.1) is 5.92 Å². The lowest BCUT2D eigenvalue weighted by Crippen LogP contribution is -2.37. The molecule has 1 fully saturated rings. The molecular weight excluding hydrogens is 255 g/mol. The van der Waals surface area contributed by atoms with Crippen molar-refractivity contribution in [2.45, 2.75) is 38.5 Å². The van der Waals surface area contributed by atoms with Gasteiger partial charge in [0.1, 0.15) is 0 Å². The van der Waals surface area contributed by atoms with Crippen LogP contribution in [0.2, 0.25) is 0 Å². The number of H-pyrrole nitrogens is 1. The topological polar surface area (TPSA) is 73.3 Å². The molecule has 0 radical (unpaired) electrons. The van der Waals surface area contributed by atoms with Gasteiger partial charge >= 0.3 is 5.69 Å². The van der Waals surface area contributed by atoms with Crippen LogP contribution in [0.15, 0.2) is 21.9 Å². The molecule has 0 unspecified atom stereocenters. The molecule has 0 bridgehead atoms. The number of aromatic nitrogens is 2. The molecule has 1 aliphatic heterocycles. The minimum absolute atomic E-state index is 0.458. The van der Waals surface area contributed by atoms with Crippen molar-refractivity contribution < 1.29 is 13.9 Å². The summed E-state index contributed by atoms with van der Waals surface area (Å²) in [6, 6.07) is 1.15. The molecule has 19 heavy (non-hydrogen) atoms. The Kier molecular flexibility index (Phi) is 3.60. The summed E-state index contributed by atoms with van der Waals surface area (Å²) in [7, 11) is 1.45. The lowest BCUT2D eigenvalue weighted by atomic mass is 9.96. The standard InChI is InChI=1S/C12H17FN2O4/c1-4-12(18-3)7(2)9(13)10(19-12)15-6-5-8(16)14-11(15)17/h5-7,9-10H,4H2,1-3H3,(H,14,16,17)/t7-,9+,10+,12+/m0/s1. The molecule has 2 heterocycles. The Morgan fingerprint density at radius 1 is 1.58 bits per heavy atom. The van der Waals surface area contributed by atoms with Gasteiger partial charge in [0, 0.05) is 25.3 Å². The summed E-state index contributed by atoms with van der Waals surface area (Å²) in [6.07, 6.45) is -0.811. The number of nitrogens with one attached hydrogen (secondary N) is 1. The Morgan fingerprint density at radius 3 is 2.74 bits per heavy atom. The first-order valence-corrected chi connectivity index (χ1v) is 6.13. The van der Waals surface area contributed by atoms with Gasteiger partial charge in [0.15, 0.2) is 18.2 Å². The van der Waals surface area contributed by atoms with Gasteiger partial charge in [0.2, 0.25) is 0 Å². The quantitative estimate of drug-likeness (QED) is 0.883. The number of nitrogens with zero attached hydrogens (tertiary/aromatic N) is 1. The summed E-state index contributed by atoms with van der Waals surface area (Å²) >= 11 is 0. The van der Waals surface area contributed by atoms with Gasteiger partial charge in [-0.15, -0.1) is 0 Å². The number of hydrogen-bond donors (Lipinski definition) is 1. The number of alkyl halides is 1. The van der Waals surface area contributed by atoms with E-state index in [1.165, 1.54) is 13.3 Å². The van der Waals surface area contributed by atoms with Crippen LogP contribution in [-0.4, -0.2) is 28.6 Å². The van der Waals surface area contributed by atoms with E-state index < -0.39 is 35.4 Å². The number of rotatable bonds is 3. The minimum atomic E-state index is -1.40. The molecule has 6 nitrogen and oxygen atoms in total. The summed E-state index contributed by atoms with van der Waals surface area (Å²) in [5, 5.41) is 0. The number of halogens is 1. The van der Waals surface area contributed by atoms with Crippen molar-refractivity contribution in [1.29, 1.82) is 0 Å². The van der Waals surface area contributed by atoms with Crippen molar-refractivity contribution in [3.05, 3.63) is 33.1 Å². The SMILES string of the molecule is CC[C@@]1(OC)O[C@@H](n2ccc(=O)[nH]c2=O)[C@H](F)[C@@H]1C. The van der Waals surface area contributed by atoms with Crippen LogP contribution in [0.1, 0.15) is 26.5 Å². The molecule has 1 aromatic heterocycles. The highest BCUT2D eigenvalue weighted by Crippen LogP contribution is 2.44. The first-order valence-electron chi connectivity index (χ1n) is 6.13. The van der Waals surface area contributed by atoms with Crippen molar-refractivity contribution in [1.82, 2.24) is 9.55 Å². The van der Waals surface area contributed by atoms with Crippen LogP contribution in [0.25, 0.3) is 0 Å². The second-order valence-electron chi connectivity index (χ2n) is 4.63. The van der Waals surface area contributed by atoms with E-state index >= 15 is 0 Å². The first-order chi connectivity index (χ1) is 8.95. The predicted octanol–water partition coefficient (Wildman–Crippen LogP) is 0.792. The average Bonchev–Trinajstić information content (AvgIpc) is 2.64. The smallest absolute Gasteiger partial charge is 0.330 e. The molecule has 0 saturated carbocycles. The van der Waals surface area contributed by atoms with E-state index in [1.54, 1.807) is 6.92 Å². The zero-order valence-corrected chi connectivity index (χ0v) is 11.1. The summed E-state index contributed by atoms with van der Waals surface area (Å²) in [5.74, 6) is -1.58. The van der Waals surface area contributed by atoms with E-state index in [0.717, 1.165) is 10.6 Å². The molecule has 1 N–H and O–H groups in total. The number of aromatic amines is 1. The maximum Gasteiger partial charge on any atom is 0.330 e. The lowest BCUT2D eigenvalue weighted by Gasteiger charge is -2.29. The van der Waals surface area contributed by atoms with Crippen molar-refractivity contribution in [2.75, 3.05) is 7.11 Å². The molecule has 4 atom stereocenters. The van der Waals surface area contributed by atoms with Gasteiger partial charge in [0.05, 0.1) is 0 Å². The fraction of sp³-hybridized carbons (Fsp3) is 0.667. The van der Waals surface area contributed by atoms with E-state index in [9.17, 15) is 14.0 Å². The molecule has 1 aromatic rings. The number of methoxy groups -OCH3 is 1. The first kappa shape index (κ1) is 14.0. The van der Waals surface area contributed by atoms with E-state index in [4.69, 9.17) is 9.47 Å². The van der Waals surface area contributed by atoms with Gasteiger partial charge in [-0.1, -0.05) is 13.8 Å². The zero-order valence-electron chi connectivity index (χ0n) is 11.1. The van der Waals surface area contributed by atoms with Crippen molar-refractivity contribution in [3.63, 3.8) is 0 Å². The summed E-state index contributed by atoms with van der Waals surface area (Å²) in [4.78, 5) is 24.8. The Balaban J connectivity index is 2.42. The van der Waals surface area contributed by atoms with Crippen LogP contribution in [-0.2, 0) is 9.47 Å². The van der Waals surface area contributed by atoms with Crippen LogP contribution in [0.5, 0.6) is 0 Å². The van der Waals surface area contributed by atoms with E-state index in [1.807, 2.05) is 6.92 Å². The monoisotopic (exact) mass is 272 g/mol. The lowest BCUT2D eigenvalue weighted by molar-refractivity contribution is -0.241. The third-order valence-electron chi connectivity index (χ3n) is 3.73. The minimum Gasteiger partial charge on any atom is -0.353 e. The van der Waals surface area contributed by atoms with Crippen molar-refractivity contribution in [2.24, 2.45) is 5.92 Å². The third kappa shape index (κ3) is 2.12. The molecule has 0 amide bonds. The van der Waals surface area contributed by atoms with Crippen LogP contribution in [0.4, 0.5) is 4.39 Å². The van der Waals surface area contributed by atoms with Gasteiger partial charge < -0.3 is 9.47 Å². The molecule has 0 spiro atoms. The Morgan fingerprint density at radius 2 is 2.26 bits per heavy atom. The molecule has 7 heteroatoms. The van der Waals surface area contributed by atoms with Gasteiger partial charge in [-0.05, 0) is 6.42 Å². The van der Waals surface area contributed by atoms with Gasteiger partial charge in [-0.2, -0.15) is 0 Å². The molecular formula is C12H17FN2O4. The van der Waals surface area contributed by atoms with Crippen LogP contribution >= 0.6 is 0 Å². The molecule has 0 aromatic carbocycles. The van der Waals surface area contributed by atoms with E-state index in [2.05, 4.69) is 4.98 Å². The molecule has 106 valence electrons. The second kappa shape index (κ2) is 4.90. The highest BCUT2D eigenvalue weighted by Gasteiger charge is 2.53. The van der Waals surface area contributed by atoms with Gasteiger partial charge in [-0.25, -0.2) is 9.18 Å². The molecule has 1 aliphatic rings. The average molecular weight is 272 g/mol. The highest BCUT2D eigenvalue weighted by molar-refractivity contribution is 4.95. The molecule has 1 saturated heterocycles. The van der Waals surface area contributed by atoms with Crippen molar-refractivity contribution in [3.8, 4) is 0 Å². The van der Waals surface area contributed by atoms with Crippen LogP contribution in [0.3, 0.4) is 0 Å². The van der Waals surface area contributed by atoms with Gasteiger partial charge in [0.25, 0.3) is 5.56 Å². The maximum atomic E-state index is 14.4. The third-order valence-corrected chi connectivity index (χ3v) is 3.73. The normalized spacial score (nSPS) is 34.6. The largest absolute Gasteiger partial charge is 0.353 e. The second-order valence-corrected chi connectivity index (χ2v) is 4.63. The van der Waals surface area contributed by atoms with E-state index in [-0.39, 0.29) is 0 Å². The Bertz CT molecular complexity index is 563. The van der Waals surface area contributed by atoms with E-state index in [0.29, 0.717) is 6.42 Å². The van der Waals surface area contributed by atoms with Crippen molar-refractivity contribution >= 4 is 0 Å². The molecule has 2 rings (SSSR count). The molecule has 0 aliphatic carbocycles. The summed E-state index contributed by atoms with van der Waals surface area (Å²) in [6.45, 7) is 3.50. The summed E-state index contributed by atoms with van der Waals surface area (Å²) < 4.78 is 26.3. The number of hydrogen-bond acceptors (Lipinski definition) is 4. The Labute approximate surface area is 109 Å². The summed E-state index contributed by atoms with van der Waals surface area (Å²) in [5.41, 5.74) is -1.23. The Hall–Kier alpha value is -1.47. The van der Waals surface area contributed by atoms with Gasteiger partial charge in [-0.3, -0.25) is 14.3 Å². The number of ether oxygens (including phenoxy) is 2. The highest BCUT2D eigenvalue weighted by atomic mass is 19.1.